The number of hydrogen-bond acceptors (Lipinski definition) is 6. The molecule has 0 unspecified atom stereocenters. The molecule has 154 valence electrons. The lowest BCUT2D eigenvalue weighted by atomic mass is 10.1. The summed E-state index contributed by atoms with van der Waals surface area (Å²) in [4.78, 5) is 40.1. The Morgan fingerprint density at radius 1 is 1.00 bits per heavy atom. The third-order valence-electron chi connectivity index (χ3n) is 5.04. The number of anilines is 1. The predicted molar refractivity (Wildman–Crippen MR) is 108 cm³/mol. The van der Waals surface area contributed by atoms with Crippen molar-refractivity contribution in [1.29, 1.82) is 0 Å². The topological polar surface area (TPSA) is 95.6 Å². The number of nitrogens with one attached hydrogen (secondary N) is 1. The highest BCUT2D eigenvalue weighted by molar-refractivity contribution is 6.02. The summed E-state index contributed by atoms with van der Waals surface area (Å²) in [6.45, 7) is 1.31. The number of aromatic amines is 1. The number of amides is 1. The minimum absolute atomic E-state index is 0.0534. The molecular formula is C21H19FN4O4. The van der Waals surface area contributed by atoms with Crippen molar-refractivity contribution in [3.63, 3.8) is 0 Å². The minimum Gasteiger partial charge on any atom is -0.451 e. The molecule has 1 fully saturated rings. The quantitative estimate of drug-likeness (QED) is 0.656. The molecule has 3 aromatic rings. The van der Waals surface area contributed by atoms with E-state index < -0.39 is 18.1 Å². The van der Waals surface area contributed by atoms with Crippen LogP contribution < -0.4 is 10.5 Å². The first-order valence-electron chi connectivity index (χ1n) is 9.46. The molecule has 1 N–H and O–H groups in total. The molecule has 0 spiro atoms. The molecular weight excluding hydrogens is 391 g/mol. The monoisotopic (exact) mass is 410 g/mol. The fourth-order valence-electron chi connectivity index (χ4n) is 3.46. The van der Waals surface area contributed by atoms with Crippen LogP contribution in [0.1, 0.15) is 10.5 Å². The molecule has 0 atom stereocenters. The molecule has 0 aliphatic carbocycles. The number of piperazine rings is 1. The first kappa shape index (κ1) is 19.6. The van der Waals surface area contributed by atoms with Crippen LogP contribution in [-0.4, -0.2) is 59.8 Å². The van der Waals surface area contributed by atoms with Crippen molar-refractivity contribution in [3.05, 3.63) is 70.4 Å². The molecule has 0 radical (unpaired) electrons. The lowest BCUT2D eigenvalue weighted by molar-refractivity contribution is -0.134. The van der Waals surface area contributed by atoms with Crippen LogP contribution in [0.4, 0.5) is 10.1 Å². The van der Waals surface area contributed by atoms with E-state index in [9.17, 15) is 18.8 Å². The van der Waals surface area contributed by atoms with Gasteiger partial charge in [0.1, 0.15) is 5.82 Å². The Hall–Kier alpha value is -3.75. The normalized spacial score (nSPS) is 14.0. The molecule has 8 nitrogen and oxygen atoms in total. The number of halogens is 1. The summed E-state index contributed by atoms with van der Waals surface area (Å²) < 4.78 is 19.1. The van der Waals surface area contributed by atoms with E-state index in [1.54, 1.807) is 47.4 Å². The maximum atomic E-state index is 13.9. The number of hydrogen-bond donors (Lipinski definition) is 1. The Labute approximate surface area is 170 Å². The maximum absolute atomic E-state index is 13.9. The lowest BCUT2D eigenvalue weighted by Gasteiger charge is -2.36. The number of fused-ring (bicyclic) bond motifs is 1. The van der Waals surface area contributed by atoms with Crippen LogP contribution in [0.25, 0.3) is 10.8 Å². The SMILES string of the molecule is O=C(OCC(=O)N1CCN(c2ccccc2F)CC1)c1n[nH]c(=O)c2ccccc12. The van der Waals surface area contributed by atoms with Crippen molar-refractivity contribution in [2.45, 2.75) is 0 Å². The van der Waals surface area contributed by atoms with Gasteiger partial charge < -0.3 is 14.5 Å². The largest absolute Gasteiger partial charge is 0.451 e. The molecule has 1 aliphatic rings. The van der Waals surface area contributed by atoms with Gasteiger partial charge in [-0.15, -0.1) is 0 Å². The van der Waals surface area contributed by atoms with E-state index in [1.165, 1.54) is 6.07 Å². The first-order valence-corrected chi connectivity index (χ1v) is 9.46. The highest BCUT2D eigenvalue weighted by Crippen LogP contribution is 2.20. The fraction of sp³-hybridized carbons (Fsp3) is 0.238. The molecule has 2 heterocycles. The molecule has 0 saturated carbocycles. The highest BCUT2D eigenvalue weighted by atomic mass is 19.1. The number of H-pyrrole nitrogens is 1. The van der Waals surface area contributed by atoms with E-state index >= 15 is 0 Å². The van der Waals surface area contributed by atoms with Gasteiger partial charge in [0.15, 0.2) is 12.3 Å². The number of nitrogens with zero attached hydrogens (tertiary/aromatic N) is 3. The van der Waals surface area contributed by atoms with E-state index in [0.717, 1.165) is 0 Å². The van der Waals surface area contributed by atoms with E-state index in [1.807, 2.05) is 4.90 Å². The Balaban J connectivity index is 1.36. The number of carbonyl (C=O) groups is 2. The highest BCUT2D eigenvalue weighted by Gasteiger charge is 2.24. The van der Waals surface area contributed by atoms with E-state index in [-0.39, 0.29) is 17.4 Å². The summed E-state index contributed by atoms with van der Waals surface area (Å²) in [5.41, 5.74) is 0.0420. The summed E-state index contributed by atoms with van der Waals surface area (Å²) in [6.07, 6.45) is 0. The molecule has 1 aliphatic heterocycles. The van der Waals surface area contributed by atoms with Gasteiger partial charge in [-0.05, 0) is 18.2 Å². The van der Waals surface area contributed by atoms with Crippen LogP contribution in [0.5, 0.6) is 0 Å². The second-order valence-corrected chi connectivity index (χ2v) is 6.84. The molecule has 1 saturated heterocycles. The van der Waals surface area contributed by atoms with Gasteiger partial charge in [0.25, 0.3) is 11.5 Å². The second kappa shape index (κ2) is 8.32. The van der Waals surface area contributed by atoms with Crippen molar-refractivity contribution in [3.8, 4) is 0 Å². The van der Waals surface area contributed by atoms with Crippen molar-refractivity contribution in [1.82, 2.24) is 15.1 Å². The zero-order chi connectivity index (χ0) is 21.1. The average molecular weight is 410 g/mol. The number of carbonyl (C=O) groups excluding carboxylic acids is 2. The van der Waals surface area contributed by atoms with Crippen LogP contribution in [0, 0.1) is 5.82 Å². The van der Waals surface area contributed by atoms with Gasteiger partial charge in [-0.25, -0.2) is 14.3 Å². The van der Waals surface area contributed by atoms with Crippen LogP contribution in [0.3, 0.4) is 0 Å². The standard InChI is InChI=1S/C21H19FN4O4/c22-16-7-3-4-8-17(16)25-9-11-26(12-10-25)18(27)13-30-21(29)19-14-5-1-2-6-15(14)20(28)24-23-19/h1-8H,9-13H2,(H,24,28). The molecule has 1 aromatic heterocycles. The minimum atomic E-state index is -0.791. The van der Waals surface area contributed by atoms with Crippen LogP contribution >= 0.6 is 0 Å². The summed E-state index contributed by atoms with van der Waals surface area (Å²) in [5, 5.41) is 6.70. The predicted octanol–water partition coefficient (Wildman–Crippen LogP) is 1.57. The number of aromatic nitrogens is 2. The van der Waals surface area contributed by atoms with E-state index in [2.05, 4.69) is 10.2 Å². The third-order valence-corrected chi connectivity index (χ3v) is 5.04. The Morgan fingerprint density at radius 3 is 2.40 bits per heavy atom. The molecule has 30 heavy (non-hydrogen) atoms. The number of rotatable bonds is 4. The zero-order valence-corrected chi connectivity index (χ0v) is 16.0. The number of benzene rings is 2. The maximum Gasteiger partial charge on any atom is 0.359 e. The Kier molecular flexibility index (Phi) is 5.42. The molecule has 0 bridgehead atoms. The van der Waals surface area contributed by atoms with Crippen molar-refractivity contribution in [2.24, 2.45) is 0 Å². The van der Waals surface area contributed by atoms with Gasteiger partial charge in [-0.2, -0.15) is 5.10 Å². The zero-order valence-electron chi connectivity index (χ0n) is 16.0. The van der Waals surface area contributed by atoms with Crippen LogP contribution in [0.15, 0.2) is 53.3 Å². The van der Waals surface area contributed by atoms with Crippen molar-refractivity contribution in [2.75, 3.05) is 37.7 Å². The summed E-state index contributed by atoms with van der Waals surface area (Å²) in [5.74, 6) is -1.43. The molecule has 2 aromatic carbocycles. The summed E-state index contributed by atoms with van der Waals surface area (Å²) in [7, 11) is 0. The van der Waals surface area contributed by atoms with Gasteiger partial charge in [-0.3, -0.25) is 9.59 Å². The molecule has 9 heteroatoms. The fourth-order valence-corrected chi connectivity index (χ4v) is 3.46. The number of para-hydroxylation sites is 1. The van der Waals surface area contributed by atoms with E-state index in [4.69, 9.17) is 4.74 Å². The van der Waals surface area contributed by atoms with Gasteiger partial charge in [0.05, 0.1) is 11.1 Å². The molecule has 1 amide bonds. The van der Waals surface area contributed by atoms with Crippen molar-refractivity contribution >= 4 is 28.3 Å². The van der Waals surface area contributed by atoms with Gasteiger partial charge in [0, 0.05) is 31.6 Å². The smallest absolute Gasteiger partial charge is 0.359 e. The van der Waals surface area contributed by atoms with Crippen LogP contribution in [0.2, 0.25) is 0 Å². The van der Waals surface area contributed by atoms with Gasteiger partial charge in [-0.1, -0.05) is 30.3 Å². The first-order chi connectivity index (χ1) is 14.5. The average Bonchev–Trinajstić information content (AvgIpc) is 2.78. The van der Waals surface area contributed by atoms with Gasteiger partial charge in [0.2, 0.25) is 0 Å². The molecule has 4 rings (SSSR count). The van der Waals surface area contributed by atoms with Gasteiger partial charge >= 0.3 is 5.97 Å². The van der Waals surface area contributed by atoms with E-state index in [0.29, 0.717) is 42.6 Å². The Bertz CT molecular complexity index is 1150. The lowest BCUT2D eigenvalue weighted by Crippen LogP contribution is -2.50. The number of ether oxygens (including phenoxy) is 1. The van der Waals surface area contributed by atoms with Crippen molar-refractivity contribution < 1.29 is 18.7 Å². The second-order valence-electron chi connectivity index (χ2n) is 6.84. The Morgan fingerprint density at radius 2 is 1.67 bits per heavy atom. The number of esters is 1. The summed E-state index contributed by atoms with van der Waals surface area (Å²) >= 11 is 0. The van der Waals surface area contributed by atoms with Crippen LogP contribution in [-0.2, 0) is 9.53 Å². The summed E-state index contributed by atoms with van der Waals surface area (Å²) in [6, 6.07) is 13.0. The third kappa shape index (κ3) is 3.86.